The third kappa shape index (κ3) is 3.97. The van der Waals surface area contributed by atoms with E-state index in [9.17, 15) is 4.79 Å². The van der Waals surface area contributed by atoms with Gasteiger partial charge in [-0.1, -0.05) is 0 Å². The zero-order valence-electron chi connectivity index (χ0n) is 11.5. The second kappa shape index (κ2) is 6.79. The van der Waals surface area contributed by atoms with Gasteiger partial charge in [-0.05, 0) is 78.6 Å². The van der Waals surface area contributed by atoms with Crippen LogP contribution < -0.4 is 10.1 Å². The number of carbonyl (C=O) groups is 1. The molecule has 1 aromatic carbocycles. The normalized spacial score (nSPS) is 15.1. The van der Waals surface area contributed by atoms with E-state index < -0.39 is 0 Å². The number of nitrogens with one attached hydrogen (secondary N) is 1. The molecule has 1 saturated carbocycles. The Hall–Kier alpha value is -1.08. The molecule has 0 atom stereocenters. The minimum Gasteiger partial charge on any atom is -0.490 e. The number of amides is 1. The Bertz CT molecular complexity index is 617. The molecule has 0 saturated heterocycles. The third-order valence-electron chi connectivity index (χ3n) is 3.55. The number of halogens is 1. The Morgan fingerprint density at radius 1 is 1.24 bits per heavy atom. The fourth-order valence-corrected chi connectivity index (χ4v) is 3.77. The molecule has 1 aromatic heterocycles. The maximum atomic E-state index is 12.1. The zero-order valence-corrected chi connectivity index (χ0v) is 14.4. The number of carbonyl (C=O) groups excluding carboxylic acids is 1. The van der Waals surface area contributed by atoms with Crippen molar-refractivity contribution in [3.8, 4) is 5.75 Å². The molecular weight excluding hydrogens is 397 g/mol. The van der Waals surface area contributed by atoms with Gasteiger partial charge < -0.3 is 10.1 Å². The first-order valence-corrected chi connectivity index (χ1v) is 8.99. The van der Waals surface area contributed by atoms with Crippen molar-refractivity contribution in [1.82, 2.24) is 0 Å². The van der Waals surface area contributed by atoms with Crippen molar-refractivity contribution in [2.24, 2.45) is 0 Å². The number of anilines is 1. The van der Waals surface area contributed by atoms with Gasteiger partial charge in [-0.25, -0.2) is 0 Å². The van der Waals surface area contributed by atoms with Crippen molar-refractivity contribution in [2.45, 2.75) is 31.8 Å². The Morgan fingerprint density at radius 3 is 2.57 bits per heavy atom. The summed E-state index contributed by atoms with van der Waals surface area (Å²) in [5.41, 5.74) is 1.50. The predicted octanol–water partition coefficient (Wildman–Crippen LogP) is 4.93. The van der Waals surface area contributed by atoms with Crippen LogP contribution in [0.4, 0.5) is 5.69 Å². The Labute approximate surface area is 141 Å². The van der Waals surface area contributed by atoms with Gasteiger partial charge in [0, 0.05) is 11.1 Å². The van der Waals surface area contributed by atoms with E-state index in [1.54, 1.807) is 11.3 Å². The number of hydrogen-bond donors (Lipinski definition) is 1. The number of ether oxygens (including phenoxy) is 1. The van der Waals surface area contributed by atoms with Crippen LogP contribution in [0, 0.1) is 2.88 Å². The average Bonchev–Trinajstić information content (AvgIpc) is 3.12. The van der Waals surface area contributed by atoms with Crippen LogP contribution in [0.2, 0.25) is 0 Å². The molecular formula is C16H16INO2S. The van der Waals surface area contributed by atoms with Gasteiger partial charge in [-0.3, -0.25) is 4.79 Å². The monoisotopic (exact) mass is 413 g/mol. The molecule has 0 spiro atoms. The summed E-state index contributed by atoms with van der Waals surface area (Å²) >= 11 is 3.78. The summed E-state index contributed by atoms with van der Waals surface area (Å²) in [6.07, 6.45) is 5.18. The predicted molar refractivity (Wildman–Crippen MR) is 94.3 cm³/mol. The number of hydrogen-bond acceptors (Lipinski definition) is 3. The summed E-state index contributed by atoms with van der Waals surface area (Å²) in [6.45, 7) is 0. The topological polar surface area (TPSA) is 38.3 Å². The minimum absolute atomic E-state index is 0.0707. The van der Waals surface area contributed by atoms with Gasteiger partial charge in [-0.15, -0.1) is 11.3 Å². The van der Waals surface area contributed by atoms with E-state index in [-0.39, 0.29) is 5.91 Å². The Kier molecular flexibility index (Phi) is 4.80. The van der Waals surface area contributed by atoms with Crippen LogP contribution >= 0.6 is 33.9 Å². The van der Waals surface area contributed by atoms with Gasteiger partial charge in [0.1, 0.15) is 5.75 Å². The van der Waals surface area contributed by atoms with E-state index in [1.165, 1.54) is 12.8 Å². The summed E-state index contributed by atoms with van der Waals surface area (Å²) in [5.74, 6) is 0.809. The molecule has 0 unspecified atom stereocenters. The molecule has 1 heterocycles. The van der Waals surface area contributed by atoms with Crippen molar-refractivity contribution >= 4 is 45.5 Å². The van der Waals surface area contributed by atoms with Crippen LogP contribution in [0.5, 0.6) is 5.75 Å². The third-order valence-corrected chi connectivity index (χ3v) is 5.34. The van der Waals surface area contributed by atoms with Crippen LogP contribution in [0.3, 0.4) is 0 Å². The summed E-state index contributed by atoms with van der Waals surface area (Å²) in [6, 6.07) is 9.51. The Morgan fingerprint density at radius 2 is 1.95 bits per heavy atom. The maximum absolute atomic E-state index is 12.1. The molecule has 0 aliphatic heterocycles. The van der Waals surface area contributed by atoms with Crippen molar-refractivity contribution in [1.29, 1.82) is 0 Å². The molecule has 1 amide bonds. The molecule has 1 aliphatic carbocycles. The lowest BCUT2D eigenvalue weighted by molar-refractivity contribution is 0.102. The van der Waals surface area contributed by atoms with Gasteiger partial charge in [0.25, 0.3) is 5.91 Å². The van der Waals surface area contributed by atoms with Gasteiger partial charge in [-0.2, -0.15) is 0 Å². The van der Waals surface area contributed by atoms with Gasteiger partial charge in [0.05, 0.1) is 14.6 Å². The lowest BCUT2D eigenvalue weighted by atomic mass is 10.2. The van der Waals surface area contributed by atoms with Crippen LogP contribution in [0.15, 0.2) is 35.7 Å². The van der Waals surface area contributed by atoms with E-state index in [0.29, 0.717) is 11.7 Å². The van der Waals surface area contributed by atoms with Gasteiger partial charge >= 0.3 is 0 Å². The molecule has 0 radical (unpaired) electrons. The van der Waals surface area contributed by atoms with Gasteiger partial charge in [0.15, 0.2) is 0 Å². The quantitative estimate of drug-likeness (QED) is 0.723. The van der Waals surface area contributed by atoms with Crippen LogP contribution in [-0.4, -0.2) is 12.0 Å². The number of thiophene rings is 1. The fraction of sp³-hybridized carbons (Fsp3) is 0.312. The first-order chi connectivity index (χ1) is 10.2. The second-order valence-corrected chi connectivity index (χ2v) is 7.95. The summed E-state index contributed by atoms with van der Waals surface area (Å²) in [7, 11) is 0. The first-order valence-electron chi connectivity index (χ1n) is 7.03. The molecule has 3 nitrogen and oxygen atoms in total. The molecule has 21 heavy (non-hydrogen) atoms. The molecule has 1 N–H and O–H groups in total. The Balaban J connectivity index is 1.60. The number of rotatable bonds is 4. The van der Waals surface area contributed by atoms with E-state index in [0.717, 1.165) is 27.2 Å². The highest BCUT2D eigenvalue weighted by atomic mass is 127. The van der Waals surface area contributed by atoms with Crippen LogP contribution in [0.25, 0.3) is 0 Å². The molecule has 2 aromatic rings. The highest BCUT2D eigenvalue weighted by Crippen LogP contribution is 2.25. The average molecular weight is 413 g/mol. The SMILES string of the molecule is O=C(Nc1ccc(OC2CCCC2)cc1)c1csc(I)c1. The van der Waals surface area contributed by atoms with E-state index in [2.05, 4.69) is 27.9 Å². The van der Waals surface area contributed by atoms with Crippen LogP contribution in [0.1, 0.15) is 36.0 Å². The van der Waals surface area contributed by atoms with Crippen molar-refractivity contribution < 1.29 is 9.53 Å². The highest BCUT2D eigenvalue weighted by molar-refractivity contribution is 14.1. The summed E-state index contributed by atoms with van der Waals surface area (Å²) < 4.78 is 7.02. The van der Waals surface area contributed by atoms with Crippen molar-refractivity contribution in [2.75, 3.05) is 5.32 Å². The molecule has 0 bridgehead atoms. The zero-order chi connectivity index (χ0) is 14.7. The lowest BCUT2D eigenvalue weighted by Crippen LogP contribution is -2.12. The van der Waals surface area contributed by atoms with E-state index in [1.807, 2.05) is 35.7 Å². The standard InChI is InChI=1S/C16H16INO2S/c17-15-9-11(10-21-15)16(19)18-12-5-7-14(8-6-12)20-13-3-1-2-4-13/h5-10,13H,1-4H2,(H,18,19). The summed E-state index contributed by atoms with van der Waals surface area (Å²) in [5, 5.41) is 4.77. The van der Waals surface area contributed by atoms with Crippen molar-refractivity contribution in [3.63, 3.8) is 0 Å². The molecule has 1 fully saturated rings. The molecule has 110 valence electrons. The van der Waals surface area contributed by atoms with Crippen LogP contribution in [-0.2, 0) is 0 Å². The molecule has 5 heteroatoms. The number of benzene rings is 1. The molecule has 3 rings (SSSR count). The van der Waals surface area contributed by atoms with Gasteiger partial charge in [0.2, 0.25) is 0 Å². The van der Waals surface area contributed by atoms with Crippen molar-refractivity contribution in [3.05, 3.63) is 44.2 Å². The fourth-order valence-electron chi connectivity index (χ4n) is 2.45. The van der Waals surface area contributed by atoms with E-state index in [4.69, 9.17) is 4.74 Å². The maximum Gasteiger partial charge on any atom is 0.256 e. The lowest BCUT2D eigenvalue weighted by Gasteiger charge is -2.13. The minimum atomic E-state index is -0.0707. The molecule has 1 aliphatic rings. The van der Waals surface area contributed by atoms with E-state index >= 15 is 0 Å². The largest absolute Gasteiger partial charge is 0.490 e. The second-order valence-electron chi connectivity index (χ2n) is 5.14. The first kappa shape index (κ1) is 14.8. The highest BCUT2D eigenvalue weighted by Gasteiger charge is 2.16. The summed E-state index contributed by atoms with van der Waals surface area (Å²) in [4.78, 5) is 12.1. The smallest absolute Gasteiger partial charge is 0.256 e.